The number of methoxy groups -OCH3 is 1. The first kappa shape index (κ1) is 23.6. The number of carbonyl (C=O) groups is 1. The molecule has 4 fully saturated rings. The van der Waals surface area contributed by atoms with Crippen LogP contribution < -0.4 is 5.32 Å². The number of carbonyl (C=O) groups excluding carboxylic acids is 1. The maximum atomic E-state index is 12.9. The average molecular weight is 472 g/mol. The third kappa shape index (κ3) is 4.43. The average Bonchev–Trinajstić information content (AvgIpc) is 3.67. The van der Waals surface area contributed by atoms with Gasteiger partial charge in [-0.1, -0.05) is 17.7 Å². The van der Waals surface area contributed by atoms with Crippen LogP contribution in [-0.2, 0) is 18.9 Å². The highest BCUT2D eigenvalue weighted by Crippen LogP contribution is 2.59. The van der Waals surface area contributed by atoms with Crippen molar-refractivity contribution in [2.75, 3.05) is 32.1 Å². The van der Waals surface area contributed by atoms with Gasteiger partial charge in [-0.05, 0) is 59.1 Å². The van der Waals surface area contributed by atoms with Crippen molar-refractivity contribution in [3.63, 3.8) is 0 Å². The number of ether oxygens (including phenoxy) is 4. The lowest BCUT2D eigenvalue weighted by molar-refractivity contribution is -0.123. The van der Waals surface area contributed by atoms with Crippen molar-refractivity contribution in [2.45, 2.75) is 82.5 Å². The van der Waals surface area contributed by atoms with Gasteiger partial charge < -0.3 is 29.2 Å². The molecule has 1 spiro atoms. The molecule has 0 bridgehead atoms. The molecule has 3 saturated heterocycles. The lowest BCUT2D eigenvalue weighted by Crippen LogP contribution is -2.60. The highest BCUT2D eigenvalue weighted by atomic mass is 16.6. The fraction of sp³-hybridized carbons (Fsp3) is 0.692. The molecule has 8 heteroatoms. The molecule has 186 valence electrons. The van der Waals surface area contributed by atoms with Gasteiger partial charge in [-0.15, -0.1) is 0 Å². The zero-order chi connectivity index (χ0) is 24.1. The summed E-state index contributed by atoms with van der Waals surface area (Å²) in [6.07, 6.45) is 3.98. The molecule has 1 aliphatic carbocycles. The maximum absolute atomic E-state index is 12.9. The van der Waals surface area contributed by atoms with E-state index in [0.29, 0.717) is 13.1 Å². The topological polar surface area (TPSA) is 88.8 Å². The van der Waals surface area contributed by atoms with Crippen LogP contribution in [0.2, 0.25) is 0 Å². The van der Waals surface area contributed by atoms with Crippen molar-refractivity contribution in [3.05, 3.63) is 35.5 Å². The largest absolute Gasteiger partial charge is 0.443 e. The number of aryl methyl sites for hydroxylation is 1. The molecule has 3 aliphatic heterocycles. The van der Waals surface area contributed by atoms with Crippen molar-refractivity contribution >= 4 is 11.9 Å². The lowest BCUT2D eigenvalue weighted by atomic mass is 9.68. The number of allylic oxidation sites excluding steroid dienone is 1. The quantitative estimate of drug-likeness (QED) is 0.479. The molecule has 6 atom stereocenters. The molecule has 0 unspecified atom stereocenters. The fourth-order valence-electron chi connectivity index (χ4n) is 5.83. The second kappa shape index (κ2) is 8.81. The van der Waals surface area contributed by atoms with E-state index in [1.54, 1.807) is 12.0 Å². The standard InChI is InChI=1S/C26H37N3O5/c1-16(2)9-10-20-25(4,34-20)23-22(31-5)19(11-12-26(23)15-32-26)33-24(30)29-13-18(14-29)28-21-8-6-7-17(3)27-21/h6-9,18-20,22-23H,10-15H2,1-5H3,(H,27,28)/t19-,20-,22-,23-,25+,26+/m1/s1. The molecular formula is C26H37N3O5. The molecule has 8 nitrogen and oxygen atoms in total. The van der Waals surface area contributed by atoms with Gasteiger partial charge in [0.15, 0.2) is 0 Å². The molecule has 34 heavy (non-hydrogen) atoms. The third-order valence-electron chi connectivity index (χ3n) is 7.87. The molecule has 0 aromatic carbocycles. The van der Waals surface area contributed by atoms with Crippen molar-refractivity contribution in [1.29, 1.82) is 0 Å². The summed E-state index contributed by atoms with van der Waals surface area (Å²) in [5.74, 6) is 0.868. The number of likely N-dealkylation sites (tertiary alicyclic amines) is 1. The third-order valence-corrected chi connectivity index (χ3v) is 7.87. The van der Waals surface area contributed by atoms with E-state index in [9.17, 15) is 4.79 Å². The van der Waals surface area contributed by atoms with E-state index in [2.05, 4.69) is 37.1 Å². The highest BCUT2D eigenvalue weighted by molar-refractivity contribution is 5.69. The van der Waals surface area contributed by atoms with Crippen LogP contribution in [0.15, 0.2) is 29.8 Å². The summed E-state index contributed by atoms with van der Waals surface area (Å²) in [4.78, 5) is 19.1. The monoisotopic (exact) mass is 471 g/mol. The molecule has 1 aromatic rings. The van der Waals surface area contributed by atoms with Crippen LogP contribution >= 0.6 is 0 Å². The van der Waals surface area contributed by atoms with Crippen molar-refractivity contribution < 1.29 is 23.7 Å². The van der Waals surface area contributed by atoms with Gasteiger partial charge in [0.05, 0.1) is 24.7 Å². The first-order chi connectivity index (χ1) is 16.2. The van der Waals surface area contributed by atoms with E-state index >= 15 is 0 Å². The summed E-state index contributed by atoms with van der Waals surface area (Å²) in [5, 5.41) is 3.38. The van der Waals surface area contributed by atoms with Gasteiger partial charge in [0.1, 0.15) is 29.2 Å². The number of pyridine rings is 1. The van der Waals surface area contributed by atoms with Crippen LogP contribution in [0.25, 0.3) is 0 Å². The number of hydrogen-bond donors (Lipinski definition) is 1. The van der Waals surface area contributed by atoms with Crippen molar-refractivity contribution in [1.82, 2.24) is 9.88 Å². The van der Waals surface area contributed by atoms with E-state index in [1.807, 2.05) is 25.1 Å². The van der Waals surface area contributed by atoms with Crippen LogP contribution in [0.4, 0.5) is 10.6 Å². The first-order valence-corrected chi connectivity index (χ1v) is 12.4. The van der Waals surface area contributed by atoms with E-state index < -0.39 is 0 Å². The summed E-state index contributed by atoms with van der Waals surface area (Å²) in [5.41, 5.74) is 1.70. The SMILES string of the molecule is CO[C@@H]1[C@H](OC(=O)N2CC(Nc3cccc(C)n3)C2)CC[C@]2(CO2)[C@H]1[C@@]1(C)O[C@@H]1CC=C(C)C. The minimum absolute atomic E-state index is 0.0327. The Balaban J connectivity index is 1.19. The van der Waals surface area contributed by atoms with E-state index in [4.69, 9.17) is 18.9 Å². The minimum Gasteiger partial charge on any atom is -0.443 e. The summed E-state index contributed by atoms with van der Waals surface area (Å²) in [6, 6.07) is 6.06. The summed E-state index contributed by atoms with van der Waals surface area (Å²) >= 11 is 0. The van der Waals surface area contributed by atoms with Crippen LogP contribution in [0, 0.1) is 12.8 Å². The predicted molar refractivity (Wildman–Crippen MR) is 128 cm³/mol. The predicted octanol–water partition coefficient (Wildman–Crippen LogP) is 3.70. The van der Waals surface area contributed by atoms with Crippen molar-refractivity contribution in [2.24, 2.45) is 5.92 Å². The zero-order valence-corrected chi connectivity index (χ0v) is 20.9. The molecule has 1 amide bonds. The summed E-state index contributed by atoms with van der Waals surface area (Å²) < 4.78 is 24.2. The number of epoxide rings is 2. The molecule has 1 aromatic heterocycles. The Morgan fingerprint density at radius 2 is 2.12 bits per heavy atom. The van der Waals surface area contributed by atoms with Gasteiger partial charge in [-0.25, -0.2) is 9.78 Å². The van der Waals surface area contributed by atoms with Crippen LogP contribution in [0.5, 0.6) is 0 Å². The van der Waals surface area contributed by atoms with E-state index in [1.165, 1.54) is 5.57 Å². The number of aromatic nitrogens is 1. The number of amides is 1. The Bertz CT molecular complexity index is 954. The molecule has 4 heterocycles. The van der Waals surface area contributed by atoms with Gasteiger partial charge in [-0.2, -0.15) is 0 Å². The van der Waals surface area contributed by atoms with Crippen LogP contribution in [0.3, 0.4) is 0 Å². The fourth-order valence-corrected chi connectivity index (χ4v) is 5.83. The Labute approximate surface area is 202 Å². The molecule has 1 saturated carbocycles. The van der Waals surface area contributed by atoms with Crippen molar-refractivity contribution in [3.8, 4) is 0 Å². The summed E-state index contributed by atoms with van der Waals surface area (Å²) in [7, 11) is 1.70. The Hall–Kier alpha value is -2.16. The molecular weight excluding hydrogens is 434 g/mol. The molecule has 5 rings (SSSR count). The van der Waals surface area contributed by atoms with Gasteiger partial charge in [0, 0.05) is 25.9 Å². The number of nitrogens with zero attached hydrogens (tertiary/aromatic N) is 2. The molecule has 4 aliphatic rings. The number of hydrogen-bond acceptors (Lipinski definition) is 7. The van der Waals surface area contributed by atoms with E-state index in [-0.39, 0.29) is 47.6 Å². The van der Waals surface area contributed by atoms with Gasteiger partial charge in [0.2, 0.25) is 0 Å². The Morgan fingerprint density at radius 1 is 1.35 bits per heavy atom. The van der Waals surface area contributed by atoms with Crippen LogP contribution in [-0.4, -0.2) is 78.3 Å². The second-order valence-corrected chi connectivity index (χ2v) is 10.7. The minimum atomic E-state index is -0.333. The van der Waals surface area contributed by atoms with Gasteiger partial charge >= 0.3 is 6.09 Å². The highest BCUT2D eigenvalue weighted by Gasteiger charge is 2.72. The first-order valence-electron chi connectivity index (χ1n) is 12.4. The normalized spacial score (nSPS) is 36.6. The van der Waals surface area contributed by atoms with E-state index in [0.717, 1.165) is 37.4 Å². The molecule has 0 radical (unpaired) electrons. The van der Waals surface area contributed by atoms with Gasteiger partial charge in [-0.3, -0.25) is 0 Å². The number of nitrogens with one attached hydrogen (secondary N) is 1. The lowest BCUT2D eigenvalue weighted by Gasteiger charge is -2.44. The Kier molecular flexibility index (Phi) is 6.11. The number of anilines is 1. The number of rotatable bonds is 7. The smallest absolute Gasteiger partial charge is 0.410 e. The summed E-state index contributed by atoms with van der Waals surface area (Å²) in [6.45, 7) is 10.2. The maximum Gasteiger partial charge on any atom is 0.410 e. The second-order valence-electron chi connectivity index (χ2n) is 10.7. The van der Waals surface area contributed by atoms with Gasteiger partial charge in [0.25, 0.3) is 0 Å². The van der Waals surface area contributed by atoms with Crippen LogP contribution in [0.1, 0.15) is 45.7 Å². The zero-order valence-electron chi connectivity index (χ0n) is 20.9. The molecule has 1 N–H and O–H groups in total. The Morgan fingerprint density at radius 3 is 2.76 bits per heavy atom.